The maximum Gasteiger partial charge on any atom is 0.164 e. The Hall–Kier alpha value is -5.60. The normalized spacial score (nSPS) is 22.5. The van der Waals surface area contributed by atoms with Gasteiger partial charge in [-0.15, -0.1) is 0 Å². The number of fused-ring (bicyclic) bond motifs is 3. The minimum atomic E-state index is 0.355. The van der Waals surface area contributed by atoms with Crippen molar-refractivity contribution in [3.63, 3.8) is 0 Å². The van der Waals surface area contributed by atoms with E-state index in [4.69, 9.17) is 15.0 Å². The van der Waals surface area contributed by atoms with Gasteiger partial charge in [-0.3, -0.25) is 0 Å². The molecule has 49 heavy (non-hydrogen) atoms. The van der Waals surface area contributed by atoms with Crippen LogP contribution in [0.4, 0.5) is 0 Å². The zero-order valence-electron chi connectivity index (χ0n) is 27.3. The summed E-state index contributed by atoms with van der Waals surface area (Å²) in [6.07, 6.45) is 8.41. The Morgan fingerprint density at radius 2 is 1.14 bits per heavy atom. The Labute approximate surface area is 285 Å². The van der Waals surface area contributed by atoms with E-state index in [1.165, 1.54) is 44.1 Å². The van der Waals surface area contributed by atoms with Crippen molar-refractivity contribution < 1.29 is 0 Å². The van der Waals surface area contributed by atoms with Gasteiger partial charge in [-0.25, -0.2) is 15.0 Å². The van der Waals surface area contributed by atoms with Crippen LogP contribution in [0, 0.1) is 29.1 Å². The molecule has 0 radical (unpaired) electrons. The molecule has 4 bridgehead atoms. The smallest absolute Gasteiger partial charge is 0.164 e. The highest BCUT2D eigenvalue weighted by molar-refractivity contribution is 6.09. The average molecular weight is 634 g/mol. The molecular weight excluding hydrogens is 599 g/mol. The molecule has 0 unspecified atom stereocenters. The molecule has 0 spiro atoms. The van der Waals surface area contributed by atoms with Crippen molar-refractivity contribution in [1.29, 1.82) is 5.26 Å². The fourth-order valence-corrected chi connectivity index (χ4v) is 9.89. The first-order valence-corrected chi connectivity index (χ1v) is 17.6. The van der Waals surface area contributed by atoms with Crippen molar-refractivity contribution in [2.45, 2.75) is 43.9 Å². The van der Waals surface area contributed by atoms with E-state index in [1.807, 2.05) is 30.3 Å². The molecule has 4 fully saturated rings. The molecule has 5 aromatic carbocycles. The van der Waals surface area contributed by atoms with Crippen molar-refractivity contribution >= 4 is 21.8 Å². The Kier molecular flexibility index (Phi) is 6.36. The molecule has 0 amide bonds. The van der Waals surface area contributed by atoms with E-state index in [9.17, 15) is 5.26 Å². The summed E-state index contributed by atoms with van der Waals surface area (Å²) in [6, 6.07) is 44.4. The van der Waals surface area contributed by atoms with Crippen molar-refractivity contribution in [2.24, 2.45) is 17.8 Å². The van der Waals surface area contributed by atoms with E-state index in [1.54, 1.807) is 0 Å². The number of hydrogen-bond donors (Lipinski definition) is 0. The third kappa shape index (κ3) is 4.70. The standard InChI is InChI=1S/C44H35N5/c45-27-28-13-18-38-37-11-4-5-12-39(37)49(40(38)22-28)36-10-6-9-34(23-36)43-47-41(32-7-2-1-3-8-32)46-42(48-43)33-14-16-35(17-15-33)44-24-29-19-30(25-44)21-31(20-29)26-44/h1-18,22-23,29-31H,19-21,24-26H2/t29-,30-,31-,44?. The highest BCUT2D eigenvalue weighted by atomic mass is 15.0. The predicted octanol–water partition coefficient (Wildman–Crippen LogP) is 10.3. The van der Waals surface area contributed by atoms with Gasteiger partial charge in [-0.2, -0.15) is 5.26 Å². The molecule has 4 aliphatic rings. The molecule has 4 saturated carbocycles. The largest absolute Gasteiger partial charge is 0.309 e. The van der Waals surface area contributed by atoms with Crippen molar-refractivity contribution in [1.82, 2.24) is 19.5 Å². The lowest BCUT2D eigenvalue weighted by Crippen LogP contribution is -2.48. The molecule has 5 heteroatoms. The molecule has 0 saturated heterocycles. The molecule has 0 N–H and O–H groups in total. The summed E-state index contributed by atoms with van der Waals surface area (Å²) in [5.41, 5.74) is 8.45. The number of nitrogens with zero attached hydrogens (tertiary/aromatic N) is 5. The Morgan fingerprint density at radius 1 is 0.551 bits per heavy atom. The van der Waals surface area contributed by atoms with E-state index in [0.29, 0.717) is 28.5 Å². The monoisotopic (exact) mass is 633 g/mol. The SMILES string of the molecule is N#Cc1ccc2c3ccccc3n(-c3cccc(-c4nc(-c5ccccc5)nc(-c5ccc(C67C[C@H]8C[C@H](C6)C[C@@H](C7)C8)cc5)n4)c3)c2c1. The van der Waals surface area contributed by atoms with E-state index in [0.717, 1.165) is 61.9 Å². The van der Waals surface area contributed by atoms with Crippen LogP contribution < -0.4 is 0 Å². The highest BCUT2D eigenvalue weighted by Gasteiger charge is 2.51. The zero-order chi connectivity index (χ0) is 32.5. The molecule has 5 nitrogen and oxygen atoms in total. The Bertz CT molecular complexity index is 2400. The summed E-state index contributed by atoms with van der Waals surface area (Å²) >= 11 is 0. The number of hydrogen-bond acceptors (Lipinski definition) is 4. The van der Waals surface area contributed by atoms with Gasteiger partial charge in [0.05, 0.1) is 22.7 Å². The Morgan fingerprint density at radius 3 is 1.84 bits per heavy atom. The summed E-state index contributed by atoms with van der Waals surface area (Å²) in [6.45, 7) is 0. The predicted molar refractivity (Wildman–Crippen MR) is 195 cm³/mol. The number of nitriles is 1. The molecule has 0 atom stereocenters. The lowest BCUT2D eigenvalue weighted by atomic mass is 9.48. The first-order valence-electron chi connectivity index (χ1n) is 17.6. The number of rotatable bonds is 5. The second kappa shape index (κ2) is 11.0. The molecule has 2 aromatic heterocycles. The summed E-state index contributed by atoms with van der Waals surface area (Å²) < 4.78 is 2.23. The van der Waals surface area contributed by atoms with Crippen LogP contribution in [0.1, 0.15) is 49.7 Å². The van der Waals surface area contributed by atoms with Crippen LogP contribution in [-0.4, -0.2) is 19.5 Å². The summed E-state index contributed by atoms with van der Waals surface area (Å²) in [4.78, 5) is 15.2. The second-order valence-electron chi connectivity index (χ2n) is 14.7. The molecule has 11 rings (SSSR count). The number of benzene rings is 5. The topological polar surface area (TPSA) is 67.4 Å². The van der Waals surface area contributed by atoms with Gasteiger partial charge in [0.15, 0.2) is 17.5 Å². The molecule has 4 aliphatic carbocycles. The van der Waals surface area contributed by atoms with E-state index >= 15 is 0 Å². The lowest BCUT2D eigenvalue weighted by Gasteiger charge is -2.57. The van der Waals surface area contributed by atoms with Crippen LogP contribution in [0.3, 0.4) is 0 Å². The molecule has 2 heterocycles. The number of aromatic nitrogens is 4. The number of para-hydroxylation sites is 1. The van der Waals surface area contributed by atoms with Crippen LogP contribution in [0.15, 0.2) is 121 Å². The van der Waals surface area contributed by atoms with E-state index in [2.05, 4.69) is 102 Å². The second-order valence-corrected chi connectivity index (χ2v) is 14.7. The van der Waals surface area contributed by atoms with Gasteiger partial charge in [-0.05, 0) is 97.6 Å². The van der Waals surface area contributed by atoms with Gasteiger partial charge in [0.25, 0.3) is 0 Å². The molecule has 7 aromatic rings. The summed E-state index contributed by atoms with van der Waals surface area (Å²) in [5, 5.41) is 12.0. The fourth-order valence-electron chi connectivity index (χ4n) is 9.89. The van der Waals surface area contributed by atoms with Gasteiger partial charge >= 0.3 is 0 Å². The average Bonchev–Trinajstić information content (AvgIpc) is 3.48. The molecule has 0 aliphatic heterocycles. The van der Waals surface area contributed by atoms with Gasteiger partial charge < -0.3 is 4.57 Å². The van der Waals surface area contributed by atoms with Gasteiger partial charge in [0.2, 0.25) is 0 Å². The van der Waals surface area contributed by atoms with Crippen molar-refractivity contribution in [3.05, 3.63) is 132 Å². The maximum atomic E-state index is 9.72. The van der Waals surface area contributed by atoms with Gasteiger partial charge in [0.1, 0.15) is 0 Å². The minimum absolute atomic E-state index is 0.355. The van der Waals surface area contributed by atoms with Crippen LogP contribution in [0.25, 0.3) is 61.7 Å². The quantitative estimate of drug-likeness (QED) is 0.189. The van der Waals surface area contributed by atoms with Crippen molar-refractivity contribution in [3.8, 4) is 45.9 Å². The first kappa shape index (κ1) is 28.4. The van der Waals surface area contributed by atoms with E-state index < -0.39 is 0 Å². The van der Waals surface area contributed by atoms with Crippen LogP contribution >= 0.6 is 0 Å². The minimum Gasteiger partial charge on any atom is -0.309 e. The van der Waals surface area contributed by atoms with Gasteiger partial charge in [-0.1, -0.05) is 91.0 Å². The van der Waals surface area contributed by atoms with Crippen LogP contribution in [0.2, 0.25) is 0 Å². The Balaban J connectivity index is 1.09. The summed E-state index contributed by atoms with van der Waals surface area (Å²) in [7, 11) is 0. The molecular formula is C44H35N5. The maximum absolute atomic E-state index is 9.72. The van der Waals surface area contributed by atoms with Crippen LogP contribution in [-0.2, 0) is 5.41 Å². The highest BCUT2D eigenvalue weighted by Crippen LogP contribution is 2.60. The van der Waals surface area contributed by atoms with Crippen LogP contribution in [0.5, 0.6) is 0 Å². The van der Waals surface area contributed by atoms with Crippen molar-refractivity contribution in [2.75, 3.05) is 0 Å². The molecule has 236 valence electrons. The third-order valence-electron chi connectivity index (χ3n) is 11.6. The lowest BCUT2D eigenvalue weighted by molar-refractivity contribution is -0.00518. The third-order valence-corrected chi connectivity index (χ3v) is 11.6. The fraction of sp³-hybridized carbons (Fsp3) is 0.227. The zero-order valence-corrected chi connectivity index (χ0v) is 27.3. The van der Waals surface area contributed by atoms with Gasteiger partial charge in [0, 0.05) is 33.2 Å². The first-order chi connectivity index (χ1) is 24.1. The van der Waals surface area contributed by atoms with E-state index in [-0.39, 0.29) is 0 Å². The summed E-state index contributed by atoms with van der Waals surface area (Å²) in [5.74, 6) is 4.72.